The second kappa shape index (κ2) is 6.59. The fourth-order valence-corrected chi connectivity index (χ4v) is 8.21. The number of hydrogen-bond acceptors (Lipinski definition) is 2. The largest absolute Gasteiger partial charge is 0.341 e. The summed E-state index contributed by atoms with van der Waals surface area (Å²) >= 11 is 0. The number of allylic oxidation sites excluding steroid dienone is 7. The molecule has 2 unspecified atom stereocenters. The van der Waals surface area contributed by atoms with Crippen LogP contribution in [0.15, 0.2) is 64.0 Å². The lowest BCUT2D eigenvalue weighted by atomic mass is 9.55. The van der Waals surface area contributed by atoms with Crippen molar-refractivity contribution in [3.8, 4) is 0 Å². The van der Waals surface area contributed by atoms with Crippen molar-refractivity contribution >= 4 is 6.21 Å². The Bertz CT molecular complexity index is 978. The molecule has 2 fully saturated rings. The first kappa shape index (κ1) is 18.7. The monoisotopic (exact) mass is 412 g/mol. The fourth-order valence-electron chi connectivity index (χ4n) is 8.21. The summed E-state index contributed by atoms with van der Waals surface area (Å²) in [5, 5.41) is 0. The van der Waals surface area contributed by atoms with Crippen molar-refractivity contribution in [2.24, 2.45) is 33.6 Å². The molecule has 1 saturated carbocycles. The lowest BCUT2D eigenvalue weighted by Crippen LogP contribution is -2.38. The summed E-state index contributed by atoms with van der Waals surface area (Å²) in [4.78, 5) is 7.56. The van der Waals surface area contributed by atoms with Crippen molar-refractivity contribution in [3.63, 3.8) is 0 Å². The van der Waals surface area contributed by atoms with Gasteiger partial charge in [0.2, 0.25) is 0 Å². The van der Waals surface area contributed by atoms with Gasteiger partial charge in [0.15, 0.2) is 0 Å². The molecule has 8 rings (SSSR count). The fraction of sp³-hybridized carbons (Fsp3) is 0.621. The minimum atomic E-state index is 0.480. The Morgan fingerprint density at radius 2 is 1.97 bits per heavy atom. The highest BCUT2D eigenvalue weighted by Crippen LogP contribution is 2.59. The predicted octanol–water partition coefficient (Wildman–Crippen LogP) is 6.74. The first-order valence-corrected chi connectivity index (χ1v) is 12.9. The van der Waals surface area contributed by atoms with Crippen molar-refractivity contribution in [3.05, 3.63) is 59.0 Å². The Hall–Kier alpha value is -1.83. The quantitative estimate of drug-likeness (QED) is 0.458. The summed E-state index contributed by atoms with van der Waals surface area (Å²) in [7, 11) is 0. The second-order valence-corrected chi connectivity index (χ2v) is 11.8. The van der Waals surface area contributed by atoms with Crippen LogP contribution in [0.3, 0.4) is 0 Å². The maximum atomic E-state index is 4.71. The Kier molecular flexibility index (Phi) is 3.98. The van der Waals surface area contributed by atoms with Crippen LogP contribution in [0.4, 0.5) is 0 Å². The third kappa shape index (κ3) is 2.72. The first-order valence-electron chi connectivity index (χ1n) is 12.9. The molecule has 0 spiro atoms. The van der Waals surface area contributed by atoms with Gasteiger partial charge in [0.05, 0.1) is 6.04 Å². The van der Waals surface area contributed by atoms with Gasteiger partial charge in [-0.1, -0.05) is 37.3 Å². The van der Waals surface area contributed by atoms with E-state index in [0.717, 1.165) is 12.5 Å². The number of hydrogen-bond donors (Lipinski definition) is 0. The van der Waals surface area contributed by atoms with E-state index in [0.29, 0.717) is 28.7 Å². The zero-order chi connectivity index (χ0) is 20.6. The highest BCUT2D eigenvalue weighted by Gasteiger charge is 2.51. The Labute approximate surface area is 187 Å². The van der Waals surface area contributed by atoms with Gasteiger partial charge in [0.25, 0.3) is 0 Å². The van der Waals surface area contributed by atoms with Crippen molar-refractivity contribution in [2.45, 2.75) is 77.2 Å². The number of nitrogens with zero attached hydrogens (tertiary/aromatic N) is 2. The van der Waals surface area contributed by atoms with Crippen LogP contribution in [-0.2, 0) is 0 Å². The predicted molar refractivity (Wildman–Crippen MR) is 128 cm³/mol. The van der Waals surface area contributed by atoms with Crippen LogP contribution in [0.5, 0.6) is 0 Å². The number of rotatable bonds is 2. The third-order valence-electron chi connectivity index (χ3n) is 10.1. The van der Waals surface area contributed by atoms with Crippen LogP contribution in [0.1, 0.15) is 71.1 Å². The summed E-state index contributed by atoms with van der Waals surface area (Å²) in [6.45, 7) is 3.48. The molecule has 5 aliphatic carbocycles. The van der Waals surface area contributed by atoms with E-state index in [-0.39, 0.29) is 0 Å². The minimum absolute atomic E-state index is 0.480. The maximum absolute atomic E-state index is 4.71. The van der Waals surface area contributed by atoms with Gasteiger partial charge in [-0.3, -0.25) is 4.99 Å². The molecule has 0 aromatic heterocycles. The molecule has 1 saturated heterocycles. The first-order chi connectivity index (χ1) is 15.1. The summed E-state index contributed by atoms with van der Waals surface area (Å²) in [6.07, 6.45) is 30.6. The van der Waals surface area contributed by atoms with Crippen molar-refractivity contribution in [1.82, 2.24) is 4.90 Å². The van der Waals surface area contributed by atoms with Crippen molar-refractivity contribution < 1.29 is 0 Å². The molecule has 0 aromatic carbocycles. The van der Waals surface area contributed by atoms with E-state index in [4.69, 9.17) is 4.99 Å². The summed E-state index contributed by atoms with van der Waals surface area (Å²) in [5.41, 5.74) is 7.70. The van der Waals surface area contributed by atoms with Crippen LogP contribution in [-0.4, -0.2) is 23.7 Å². The average molecular weight is 413 g/mol. The van der Waals surface area contributed by atoms with E-state index in [1.165, 1.54) is 64.2 Å². The van der Waals surface area contributed by atoms with Crippen LogP contribution in [0.25, 0.3) is 0 Å². The van der Waals surface area contributed by atoms with Gasteiger partial charge in [-0.05, 0) is 98.2 Å². The van der Waals surface area contributed by atoms with Gasteiger partial charge in [-0.25, -0.2) is 0 Å². The molecule has 4 atom stereocenters. The molecule has 2 bridgehead atoms. The standard InChI is InChI=1S/C29H36N2/c1-28-11-14-29(15-12-28,16-13-28)18-21-7-9-23-24-19-30-17-10-26(24)31-25-5-3-2-4-20(25)6-8-22(21)27(23)31/h2,4,6,10-11,14,17,21,23-25H,3,5,7-9,12-13,15-16,18-19H2,1H3/t21?,23-,24-,25?,28?,29?/m1/s1. The van der Waals surface area contributed by atoms with E-state index >= 15 is 0 Å². The molecule has 0 N–H and O–H groups in total. The van der Waals surface area contributed by atoms with E-state index in [2.05, 4.69) is 54.5 Å². The van der Waals surface area contributed by atoms with Crippen LogP contribution < -0.4 is 0 Å². The molecule has 8 aliphatic rings. The van der Waals surface area contributed by atoms with E-state index in [1.807, 2.05) is 5.57 Å². The van der Waals surface area contributed by atoms with Gasteiger partial charge in [0, 0.05) is 36.0 Å². The zero-order valence-corrected chi connectivity index (χ0v) is 19.0. The topological polar surface area (TPSA) is 15.6 Å². The molecular weight excluding hydrogens is 376 g/mol. The van der Waals surface area contributed by atoms with Gasteiger partial charge < -0.3 is 4.90 Å². The van der Waals surface area contributed by atoms with Gasteiger partial charge in [0.1, 0.15) is 0 Å². The summed E-state index contributed by atoms with van der Waals surface area (Å²) in [6, 6.07) is 0.560. The molecule has 0 aromatic rings. The van der Waals surface area contributed by atoms with Crippen molar-refractivity contribution in [2.75, 3.05) is 6.54 Å². The Morgan fingerprint density at radius 1 is 1.06 bits per heavy atom. The molecule has 0 amide bonds. The van der Waals surface area contributed by atoms with Gasteiger partial charge in [-0.2, -0.15) is 0 Å². The summed E-state index contributed by atoms with van der Waals surface area (Å²) < 4.78 is 0. The Balaban J connectivity index is 1.31. The number of aliphatic imine (C=N–C) groups is 1. The van der Waals surface area contributed by atoms with E-state index in [9.17, 15) is 0 Å². The molecule has 31 heavy (non-hydrogen) atoms. The normalized spacial score (nSPS) is 44.5. The van der Waals surface area contributed by atoms with Crippen LogP contribution >= 0.6 is 0 Å². The summed E-state index contributed by atoms with van der Waals surface area (Å²) in [5.74, 6) is 2.11. The maximum Gasteiger partial charge on any atom is 0.0585 e. The molecule has 2 nitrogen and oxygen atoms in total. The third-order valence-corrected chi connectivity index (χ3v) is 10.1. The smallest absolute Gasteiger partial charge is 0.0585 e. The van der Waals surface area contributed by atoms with Crippen LogP contribution in [0.2, 0.25) is 0 Å². The molecule has 3 heterocycles. The molecule has 0 radical (unpaired) electrons. The Morgan fingerprint density at radius 3 is 2.81 bits per heavy atom. The van der Waals surface area contributed by atoms with E-state index < -0.39 is 0 Å². The van der Waals surface area contributed by atoms with Gasteiger partial charge in [-0.15, -0.1) is 0 Å². The van der Waals surface area contributed by atoms with Crippen molar-refractivity contribution in [1.29, 1.82) is 0 Å². The zero-order valence-electron chi connectivity index (χ0n) is 19.0. The molecular formula is C29H36N2. The highest BCUT2D eigenvalue weighted by atomic mass is 15.2. The molecule has 3 aliphatic heterocycles. The highest BCUT2D eigenvalue weighted by molar-refractivity contribution is 5.74. The van der Waals surface area contributed by atoms with Gasteiger partial charge >= 0.3 is 0 Å². The second-order valence-electron chi connectivity index (χ2n) is 11.8. The van der Waals surface area contributed by atoms with E-state index in [1.54, 1.807) is 17.0 Å². The molecule has 2 heteroatoms. The number of fused-ring (bicyclic) bond motifs is 7. The lowest BCUT2D eigenvalue weighted by Gasteiger charge is -2.49. The average Bonchev–Trinajstić information content (AvgIpc) is 3.03. The lowest BCUT2D eigenvalue weighted by molar-refractivity contribution is 0.109. The minimum Gasteiger partial charge on any atom is -0.341 e. The molecule has 162 valence electrons. The number of dihydropyridines is 1. The SMILES string of the molecule is CC12C=CC(CC3CC[C@H]4C5=C3CC=C3C=CCCC3N5C3=CC=NC[C@@H]34)(CC1)CC2. The van der Waals surface area contributed by atoms with Crippen LogP contribution in [0, 0.1) is 28.6 Å².